The Balaban J connectivity index is 2.11. The van der Waals surface area contributed by atoms with Gasteiger partial charge in [0.15, 0.2) is 5.16 Å². The van der Waals surface area contributed by atoms with Crippen LogP contribution in [0, 0.1) is 10.1 Å². The van der Waals surface area contributed by atoms with Crippen molar-refractivity contribution in [2.24, 2.45) is 0 Å². The third-order valence-corrected chi connectivity index (χ3v) is 4.22. The number of hydrogen-bond acceptors (Lipinski definition) is 5. The molecule has 3 rings (SSSR count). The molecule has 0 amide bonds. The second kappa shape index (κ2) is 4.25. The molecule has 0 saturated carbocycles. The van der Waals surface area contributed by atoms with Crippen LogP contribution < -0.4 is 0 Å². The van der Waals surface area contributed by atoms with Crippen molar-refractivity contribution in [1.82, 2.24) is 13.9 Å². The van der Waals surface area contributed by atoms with E-state index in [1.165, 1.54) is 6.07 Å². The first kappa shape index (κ1) is 11.5. The topological polar surface area (TPSA) is 64.2 Å². The highest BCUT2D eigenvalue weighted by Gasteiger charge is 2.21. The fourth-order valence-electron chi connectivity index (χ4n) is 2.08. The Hall–Kier alpha value is -1.60. The Morgan fingerprint density at radius 3 is 3.06 bits per heavy atom. The summed E-state index contributed by atoms with van der Waals surface area (Å²) in [5.41, 5.74) is 1.79. The number of likely N-dealkylation sites (N-methyl/N-ethyl adjacent to an activating group) is 1. The van der Waals surface area contributed by atoms with Crippen LogP contribution >= 0.6 is 11.9 Å². The highest BCUT2D eigenvalue weighted by molar-refractivity contribution is 7.96. The van der Waals surface area contributed by atoms with Crippen molar-refractivity contribution in [3.05, 3.63) is 28.3 Å². The van der Waals surface area contributed by atoms with Gasteiger partial charge in [-0.15, -0.1) is 0 Å². The van der Waals surface area contributed by atoms with E-state index in [2.05, 4.69) is 20.8 Å². The molecule has 0 aliphatic carbocycles. The van der Waals surface area contributed by atoms with Crippen LogP contribution in [0.15, 0.2) is 23.4 Å². The summed E-state index contributed by atoms with van der Waals surface area (Å²) in [4.78, 5) is 14.9. The lowest BCUT2D eigenvalue weighted by atomic mass is 10.3. The molecule has 0 bridgehead atoms. The Bertz CT molecular complexity index is 625. The van der Waals surface area contributed by atoms with Crippen molar-refractivity contribution in [3.8, 4) is 0 Å². The van der Waals surface area contributed by atoms with Gasteiger partial charge in [0.2, 0.25) is 0 Å². The number of imidazole rings is 1. The lowest BCUT2D eigenvalue weighted by Gasteiger charge is -2.24. The van der Waals surface area contributed by atoms with Crippen LogP contribution in [0.3, 0.4) is 0 Å². The van der Waals surface area contributed by atoms with Gasteiger partial charge in [0.25, 0.3) is 5.69 Å². The van der Waals surface area contributed by atoms with Crippen LogP contribution in [0.2, 0.25) is 0 Å². The summed E-state index contributed by atoms with van der Waals surface area (Å²) in [7, 11) is 0. The molecule has 0 unspecified atom stereocenters. The van der Waals surface area contributed by atoms with Crippen molar-refractivity contribution in [2.75, 3.05) is 13.1 Å². The standard InChI is InChI=1S/C11H12N4O2S/c1-2-13-5-6-14-10-7-8(15(16)17)3-4-9(10)12-11(14)18-13/h3-4,7H,2,5-6H2,1H3. The Morgan fingerprint density at radius 2 is 2.33 bits per heavy atom. The summed E-state index contributed by atoms with van der Waals surface area (Å²) in [6, 6.07) is 4.83. The van der Waals surface area contributed by atoms with Gasteiger partial charge in [-0.05, 0) is 18.0 Å². The number of hydrogen-bond donors (Lipinski definition) is 0. The summed E-state index contributed by atoms with van der Waals surface area (Å²) in [6.07, 6.45) is 0. The molecule has 2 aromatic rings. The molecule has 1 aliphatic rings. The molecule has 7 heteroatoms. The van der Waals surface area contributed by atoms with Crippen molar-refractivity contribution in [1.29, 1.82) is 0 Å². The molecule has 1 aliphatic heterocycles. The zero-order valence-electron chi connectivity index (χ0n) is 9.87. The molecular weight excluding hydrogens is 252 g/mol. The third-order valence-electron chi connectivity index (χ3n) is 3.04. The highest BCUT2D eigenvalue weighted by Crippen LogP contribution is 2.31. The zero-order chi connectivity index (χ0) is 12.7. The number of non-ortho nitro benzene ring substituents is 1. The van der Waals surface area contributed by atoms with Gasteiger partial charge in [0, 0.05) is 31.8 Å². The molecule has 18 heavy (non-hydrogen) atoms. The van der Waals surface area contributed by atoms with Gasteiger partial charge in [-0.3, -0.25) is 10.1 Å². The van der Waals surface area contributed by atoms with Gasteiger partial charge in [-0.1, -0.05) is 6.92 Å². The van der Waals surface area contributed by atoms with Crippen LogP contribution in [-0.2, 0) is 6.54 Å². The fourth-order valence-corrected chi connectivity index (χ4v) is 3.04. The molecular formula is C11H12N4O2S. The summed E-state index contributed by atoms with van der Waals surface area (Å²) < 4.78 is 4.29. The molecule has 2 heterocycles. The Morgan fingerprint density at radius 1 is 1.50 bits per heavy atom. The molecule has 0 radical (unpaired) electrons. The summed E-state index contributed by atoms with van der Waals surface area (Å²) in [6.45, 7) is 4.83. The average molecular weight is 264 g/mol. The molecule has 0 fully saturated rings. The minimum Gasteiger partial charge on any atom is -0.316 e. The van der Waals surface area contributed by atoms with E-state index >= 15 is 0 Å². The van der Waals surface area contributed by atoms with E-state index in [9.17, 15) is 10.1 Å². The van der Waals surface area contributed by atoms with E-state index in [-0.39, 0.29) is 10.6 Å². The number of nitrogens with zero attached hydrogens (tertiary/aromatic N) is 4. The number of nitro benzene ring substituents is 1. The molecule has 0 atom stereocenters. The predicted molar refractivity (Wildman–Crippen MR) is 69.5 cm³/mol. The van der Waals surface area contributed by atoms with Crippen molar-refractivity contribution in [3.63, 3.8) is 0 Å². The first-order valence-electron chi connectivity index (χ1n) is 5.76. The minimum absolute atomic E-state index is 0.119. The van der Waals surface area contributed by atoms with Gasteiger partial charge in [0.05, 0.1) is 16.0 Å². The maximum absolute atomic E-state index is 10.8. The number of nitro groups is 1. The van der Waals surface area contributed by atoms with E-state index < -0.39 is 0 Å². The number of benzene rings is 1. The van der Waals surface area contributed by atoms with Gasteiger partial charge >= 0.3 is 0 Å². The molecule has 6 nitrogen and oxygen atoms in total. The molecule has 94 valence electrons. The first-order valence-corrected chi connectivity index (χ1v) is 6.54. The summed E-state index contributed by atoms with van der Waals surface area (Å²) >= 11 is 1.61. The number of aromatic nitrogens is 2. The Kier molecular flexibility index (Phi) is 2.71. The van der Waals surface area contributed by atoms with Gasteiger partial charge in [0.1, 0.15) is 0 Å². The van der Waals surface area contributed by atoms with E-state index in [1.54, 1.807) is 24.1 Å². The quantitative estimate of drug-likeness (QED) is 0.473. The number of fused-ring (bicyclic) bond motifs is 3. The molecule has 0 spiro atoms. The molecule has 0 N–H and O–H groups in total. The molecule has 0 saturated heterocycles. The molecule has 1 aromatic carbocycles. The van der Waals surface area contributed by atoms with Crippen LogP contribution in [0.5, 0.6) is 0 Å². The van der Waals surface area contributed by atoms with Crippen LogP contribution in [0.25, 0.3) is 11.0 Å². The van der Waals surface area contributed by atoms with Crippen LogP contribution in [0.4, 0.5) is 5.69 Å². The van der Waals surface area contributed by atoms with Crippen molar-refractivity contribution < 1.29 is 4.92 Å². The Labute approximate surface area is 108 Å². The van der Waals surface area contributed by atoms with E-state index in [0.717, 1.165) is 35.8 Å². The fraction of sp³-hybridized carbons (Fsp3) is 0.364. The predicted octanol–water partition coefficient (Wildman–Crippen LogP) is 2.29. The third kappa shape index (κ3) is 1.75. The lowest BCUT2D eigenvalue weighted by molar-refractivity contribution is -0.384. The largest absolute Gasteiger partial charge is 0.316 e. The van der Waals surface area contributed by atoms with Crippen LogP contribution in [0.1, 0.15) is 6.92 Å². The van der Waals surface area contributed by atoms with Gasteiger partial charge < -0.3 is 4.57 Å². The molecule has 1 aromatic heterocycles. The van der Waals surface area contributed by atoms with Gasteiger partial charge in [-0.2, -0.15) is 0 Å². The summed E-state index contributed by atoms with van der Waals surface area (Å²) in [5.74, 6) is 0. The monoisotopic (exact) mass is 264 g/mol. The van der Waals surface area contributed by atoms with E-state index in [0.29, 0.717) is 0 Å². The van der Waals surface area contributed by atoms with E-state index in [4.69, 9.17) is 0 Å². The van der Waals surface area contributed by atoms with Gasteiger partial charge in [-0.25, -0.2) is 9.29 Å². The zero-order valence-corrected chi connectivity index (χ0v) is 10.7. The normalized spacial score (nSPS) is 15.8. The first-order chi connectivity index (χ1) is 8.69. The van der Waals surface area contributed by atoms with E-state index in [1.807, 2.05) is 0 Å². The maximum atomic E-state index is 10.8. The maximum Gasteiger partial charge on any atom is 0.271 e. The highest BCUT2D eigenvalue weighted by atomic mass is 32.2. The lowest BCUT2D eigenvalue weighted by Crippen LogP contribution is -2.26. The minimum atomic E-state index is -0.367. The SMILES string of the molecule is CCN1CCn2c(nc3ccc([N+](=O)[O-])cc32)S1. The van der Waals surface area contributed by atoms with Crippen LogP contribution in [-0.4, -0.2) is 31.9 Å². The van der Waals surface area contributed by atoms with Crippen molar-refractivity contribution >= 4 is 28.7 Å². The van der Waals surface area contributed by atoms with Crippen molar-refractivity contribution in [2.45, 2.75) is 18.6 Å². The average Bonchev–Trinajstić information content (AvgIpc) is 2.74. The summed E-state index contributed by atoms with van der Waals surface area (Å²) in [5, 5.41) is 11.7. The second-order valence-corrected chi connectivity index (χ2v) is 5.15. The number of rotatable bonds is 2. The second-order valence-electron chi connectivity index (χ2n) is 4.09. The smallest absolute Gasteiger partial charge is 0.271 e.